The van der Waals surface area contributed by atoms with E-state index in [1.54, 1.807) is 0 Å². The second-order valence-corrected chi connectivity index (χ2v) is 3.38. The number of hydrogen-bond donors (Lipinski definition) is 1. The van der Waals surface area contributed by atoms with Crippen molar-refractivity contribution in [2.24, 2.45) is 5.73 Å². The molecule has 0 aliphatic carbocycles. The lowest BCUT2D eigenvalue weighted by atomic mass is 10.1. The Bertz CT molecular complexity index is 393. The van der Waals surface area contributed by atoms with Crippen molar-refractivity contribution in [2.45, 2.75) is 13.3 Å². The van der Waals surface area contributed by atoms with Crippen molar-refractivity contribution in [3.63, 3.8) is 0 Å². The van der Waals surface area contributed by atoms with Crippen LogP contribution in [0.5, 0.6) is 5.75 Å². The van der Waals surface area contributed by atoms with Crippen LogP contribution in [0.25, 0.3) is 0 Å². The standard InChI is InChI=1S/C13H16FNO/c1-11-10-12(4-2-8-15)5-6-13(11)16-9-3-7-14/h5-6,10H,3,7-9,15H2,1H3. The second-order valence-electron chi connectivity index (χ2n) is 3.38. The van der Waals surface area contributed by atoms with E-state index in [4.69, 9.17) is 10.5 Å². The van der Waals surface area contributed by atoms with Gasteiger partial charge in [0.1, 0.15) is 5.75 Å². The Hall–Kier alpha value is -1.53. The third-order valence-corrected chi connectivity index (χ3v) is 2.05. The van der Waals surface area contributed by atoms with Crippen LogP contribution in [-0.2, 0) is 0 Å². The van der Waals surface area contributed by atoms with E-state index in [1.165, 1.54) is 0 Å². The molecule has 0 saturated carbocycles. The van der Waals surface area contributed by atoms with E-state index in [2.05, 4.69) is 11.8 Å². The van der Waals surface area contributed by atoms with Crippen molar-refractivity contribution in [2.75, 3.05) is 19.8 Å². The summed E-state index contributed by atoms with van der Waals surface area (Å²) in [6.45, 7) is 2.36. The van der Waals surface area contributed by atoms with Gasteiger partial charge < -0.3 is 10.5 Å². The highest BCUT2D eigenvalue weighted by Gasteiger charge is 1.99. The molecule has 2 nitrogen and oxygen atoms in total. The van der Waals surface area contributed by atoms with Crippen LogP contribution < -0.4 is 10.5 Å². The Balaban J connectivity index is 2.67. The molecule has 16 heavy (non-hydrogen) atoms. The topological polar surface area (TPSA) is 35.2 Å². The van der Waals surface area contributed by atoms with Gasteiger partial charge in [-0.05, 0) is 30.7 Å². The molecule has 1 rings (SSSR count). The second kappa shape index (κ2) is 6.86. The summed E-state index contributed by atoms with van der Waals surface area (Å²) in [5.74, 6) is 6.52. The minimum Gasteiger partial charge on any atom is -0.493 e. The maximum absolute atomic E-state index is 11.9. The lowest BCUT2D eigenvalue weighted by Crippen LogP contribution is -1.99. The van der Waals surface area contributed by atoms with E-state index in [0.29, 0.717) is 19.6 Å². The average molecular weight is 221 g/mol. The fraction of sp³-hybridized carbons (Fsp3) is 0.385. The van der Waals surface area contributed by atoms with Crippen molar-refractivity contribution in [1.29, 1.82) is 0 Å². The van der Waals surface area contributed by atoms with Crippen LogP contribution in [0, 0.1) is 18.8 Å². The molecular weight excluding hydrogens is 205 g/mol. The molecule has 1 aromatic rings. The van der Waals surface area contributed by atoms with E-state index in [9.17, 15) is 4.39 Å². The number of aryl methyl sites for hydroxylation is 1. The SMILES string of the molecule is Cc1cc(C#CCN)ccc1OCCCF. The van der Waals surface area contributed by atoms with Gasteiger partial charge in [-0.3, -0.25) is 4.39 Å². The van der Waals surface area contributed by atoms with Crippen LogP contribution >= 0.6 is 0 Å². The van der Waals surface area contributed by atoms with Crippen LogP contribution in [0.2, 0.25) is 0 Å². The lowest BCUT2D eigenvalue weighted by molar-refractivity contribution is 0.288. The summed E-state index contributed by atoms with van der Waals surface area (Å²) >= 11 is 0. The van der Waals surface area contributed by atoms with Gasteiger partial charge in [-0.1, -0.05) is 11.8 Å². The number of rotatable bonds is 4. The normalized spacial score (nSPS) is 9.44. The van der Waals surface area contributed by atoms with Crippen LogP contribution in [0.3, 0.4) is 0 Å². The van der Waals surface area contributed by atoms with Gasteiger partial charge in [0.2, 0.25) is 0 Å². The van der Waals surface area contributed by atoms with E-state index in [1.807, 2.05) is 25.1 Å². The molecule has 3 heteroatoms. The van der Waals surface area contributed by atoms with Gasteiger partial charge in [0.15, 0.2) is 0 Å². The first-order valence-corrected chi connectivity index (χ1v) is 5.26. The maximum atomic E-state index is 11.9. The van der Waals surface area contributed by atoms with Gasteiger partial charge in [-0.2, -0.15) is 0 Å². The Morgan fingerprint density at radius 3 is 2.88 bits per heavy atom. The van der Waals surface area contributed by atoms with Crippen molar-refractivity contribution in [3.05, 3.63) is 29.3 Å². The molecule has 0 spiro atoms. The summed E-state index contributed by atoms with van der Waals surface area (Å²) in [5, 5.41) is 0. The van der Waals surface area contributed by atoms with Gasteiger partial charge in [0, 0.05) is 12.0 Å². The first-order valence-electron chi connectivity index (χ1n) is 5.26. The van der Waals surface area contributed by atoms with E-state index in [-0.39, 0.29) is 6.67 Å². The zero-order chi connectivity index (χ0) is 11.8. The first kappa shape index (κ1) is 12.5. The molecule has 0 aliphatic rings. The van der Waals surface area contributed by atoms with Crippen LogP contribution in [0.1, 0.15) is 17.5 Å². The van der Waals surface area contributed by atoms with Gasteiger partial charge in [0.25, 0.3) is 0 Å². The number of nitrogens with two attached hydrogens (primary N) is 1. The number of hydrogen-bond acceptors (Lipinski definition) is 2. The monoisotopic (exact) mass is 221 g/mol. The Labute approximate surface area is 95.6 Å². The summed E-state index contributed by atoms with van der Waals surface area (Å²) in [4.78, 5) is 0. The molecule has 0 amide bonds. The van der Waals surface area contributed by atoms with Gasteiger partial charge >= 0.3 is 0 Å². The molecule has 0 saturated heterocycles. The highest BCUT2D eigenvalue weighted by Crippen LogP contribution is 2.18. The number of alkyl halides is 1. The number of halogens is 1. The van der Waals surface area contributed by atoms with Crippen molar-refractivity contribution >= 4 is 0 Å². The van der Waals surface area contributed by atoms with Crippen molar-refractivity contribution in [3.8, 4) is 17.6 Å². The van der Waals surface area contributed by atoms with Gasteiger partial charge in [-0.25, -0.2) is 0 Å². The van der Waals surface area contributed by atoms with Crippen molar-refractivity contribution < 1.29 is 9.13 Å². The van der Waals surface area contributed by atoms with Crippen LogP contribution in [-0.4, -0.2) is 19.8 Å². The molecule has 0 atom stereocenters. The summed E-state index contributed by atoms with van der Waals surface area (Å²) < 4.78 is 17.3. The summed E-state index contributed by atoms with van der Waals surface area (Å²) in [6.07, 6.45) is 0.425. The third-order valence-electron chi connectivity index (χ3n) is 2.05. The fourth-order valence-corrected chi connectivity index (χ4v) is 1.28. The highest BCUT2D eigenvalue weighted by atomic mass is 19.1. The molecule has 1 aromatic carbocycles. The Kier molecular flexibility index (Phi) is 5.38. The summed E-state index contributed by atoms with van der Waals surface area (Å²) in [6, 6.07) is 5.67. The van der Waals surface area contributed by atoms with E-state index < -0.39 is 0 Å². The molecule has 0 aliphatic heterocycles. The minimum atomic E-state index is -0.348. The molecule has 0 aromatic heterocycles. The Morgan fingerprint density at radius 2 is 2.25 bits per heavy atom. The van der Waals surface area contributed by atoms with Crippen LogP contribution in [0.15, 0.2) is 18.2 Å². The molecule has 0 radical (unpaired) electrons. The highest BCUT2D eigenvalue weighted by molar-refractivity contribution is 5.43. The maximum Gasteiger partial charge on any atom is 0.122 e. The molecule has 2 N–H and O–H groups in total. The summed E-state index contributed by atoms with van der Waals surface area (Å²) in [5.41, 5.74) is 7.21. The molecule has 86 valence electrons. The molecular formula is C13H16FNO. The number of benzene rings is 1. The largest absolute Gasteiger partial charge is 0.493 e. The predicted molar refractivity (Wildman–Crippen MR) is 63.2 cm³/mol. The number of ether oxygens (including phenoxy) is 1. The zero-order valence-corrected chi connectivity index (χ0v) is 9.42. The average Bonchev–Trinajstić information content (AvgIpc) is 2.29. The van der Waals surface area contributed by atoms with E-state index >= 15 is 0 Å². The minimum absolute atomic E-state index is 0.348. The summed E-state index contributed by atoms with van der Waals surface area (Å²) in [7, 11) is 0. The third kappa shape index (κ3) is 3.92. The molecule has 0 unspecified atom stereocenters. The Morgan fingerprint density at radius 1 is 1.44 bits per heavy atom. The fourth-order valence-electron chi connectivity index (χ4n) is 1.28. The molecule has 0 heterocycles. The smallest absolute Gasteiger partial charge is 0.122 e. The van der Waals surface area contributed by atoms with E-state index in [0.717, 1.165) is 16.9 Å². The molecule has 0 fully saturated rings. The first-order chi connectivity index (χ1) is 7.77. The van der Waals surface area contributed by atoms with Gasteiger partial charge in [-0.15, -0.1) is 0 Å². The predicted octanol–water partition coefficient (Wildman–Crippen LogP) is 2.04. The quantitative estimate of drug-likeness (QED) is 0.624. The zero-order valence-electron chi connectivity index (χ0n) is 9.42. The lowest BCUT2D eigenvalue weighted by Gasteiger charge is -2.08. The molecule has 0 bridgehead atoms. The van der Waals surface area contributed by atoms with Crippen LogP contribution in [0.4, 0.5) is 4.39 Å². The van der Waals surface area contributed by atoms with Gasteiger partial charge in [0.05, 0.1) is 19.8 Å². The van der Waals surface area contributed by atoms with Crippen molar-refractivity contribution in [1.82, 2.24) is 0 Å².